The van der Waals surface area contributed by atoms with Gasteiger partial charge in [-0.15, -0.1) is 11.3 Å². The summed E-state index contributed by atoms with van der Waals surface area (Å²) < 4.78 is 0. The summed E-state index contributed by atoms with van der Waals surface area (Å²) in [6, 6.07) is 6.46. The Bertz CT molecular complexity index is 882. The molecule has 1 aliphatic heterocycles. The number of nitrogens with zero attached hydrogens (tertiary/aromatic N) is 4. The Balaban J connectivity index is 1.98. The normalized spacial score (nSPS) is 14.5. The predicted molar refractivity (Wildman–Crippen MR) is 91.1 cm³/mol. The van der Waals surface area contributed by atoms with Crippen LogP contribution in [-0.2, 0) is 13.0 Å². The fourth-order valence-corrected chi connectivity index (χ4v) is 3.87. The molecule has 24 heavy (non-hydrogen) atoms. The van der Waals surface area contributed by atoms with E-state index in [0.717, 1.165) is 30.0 Å². The number of nitro benzene ring substituents is 1. The molecule has 0 fully saturated rings. The number of phenolic OH excluding ortho intramolecular Hbond substituents is 1. The summed E-state index contributed by atoms with van der Waals surface area (Å²) in [5.74, 6) is -0.425. The van der Waals surface area contributed by atoms with Crippen LogP contribution >= 0.6 is 11.3 Å². The number of fused-ring (bicyclic) bond motifs is 1. The minimum Gasteiger partial charge on any atom is -0.502 e. The number of benzene rings is 1. The van der Waals surface area contributed by atoms with E-state index < -0.39 is 10.7 Å². The number of hydrogen-bond donors (Lipinski definition) is 1. The summed E-state index contributed by atoms with van der Waals surface area (Å²) >= 11 is 1.45. The van der Waals surface area contributed by atoms with Gasteiger partial charge in [0.2, 0.25) is 5.75 Å². The van der Waals surface area contributed by atoms with Crippen molar-refractivity contribution in [3.63, 3.8) is 0 Å². The van der Waals surface area contributed by atoms with Crippen molar-refractivity contribution >= 4 is 28.2 Å². The summed E-state index contributed by atoms with van der Waals surface area (Å²) in [7, 11) is 2.03. The maximum absolute atomic E-state index is 10.9. The molecule has 2 heterocycles. The average molecular weight is 342 g/mol. The monoisotopic (exact) mass is 342 g/mol. The van der Waals surface area contributed by atoms with Gasteiger partial charge in [0.1, 0.15) is 11.1 Å². The topological polar surface area (TPSA) is 103 Å². The molecule has 0 amide bonds. The third-order valence-corrected chi connectivity index (χ3v) is 5.03. The molecule has 1 N–H and O–H groups in total. The Kier molecular flexibility index (Phi) is 4.29. The zero-order valence-corrected chi connectivity index (χ0v) is 13.7. The second kappa shape index (κ2) is 6.39. The van der Waals surface area contributed by atoms with Crippen LogP contribution in [0.4, 0.5) is 10.7 Å². The number of aliphatic imine (C=N–C) groups is 1. The van der Waals surface area contributed by atoms with Crippen molar-refractivity contribution in [2.75, 3.05) is 13.6 Å². The molecule has 3 rings (SSSR count). The zero-order chi connectivity index (χ0) is 17.3. The first kappa shape index (κ1) is 16.1. The number of aromatic hydroxyl groups is 1. The van der Waals surface area contributed by atoms with Crippen molar-refractivity contribution < 1.29 is 10.0 Å². The van der Waals surface area contributed by atoms with Crippen LogP contribution in [0.5, 0.6) is 5.75 Å². The highest BCUT2D eigenvalue weighted by molar-refractivity contribution is 7.16. The van der Waals surface area contributed by atoms with Gasteiger partial charge in [0, 0.05) is 35.8 Å². The molecule has 7 nitrogen and oxygen atoms in total. The molecule has 2 aromatic rings. The minimum atomic E-state index is -0.646. The summed E-state index contributed by atoms with van der Waals surface area (Å²) in [5.41, 5.74) is 1.48. The predicted octanol–water partition coefficient (Wildman–Crippen LogP) is 2.97. The van der Waals surface area contributed by atoms with E-state index in [1.165, 1.54) is 29.7 Å². The van der Waals surface area contributed by atoms with E-state index in [1.54, 1.807) is 6.07 Å². The number of phenols is 1. The van der Waals surface area contributed by atoms with Gasteiger partial charge in [-0.2, -0.15) is 5.26 Å². The number of nitriles is 1. The van der Waals surface area contributed by atoms with Crippen LogP contribution in [0, 0.1) is 21.4 Å². The van der Waals surface area contributed by atoms with Crippen LogP contribution in [-0.4, -0.2) is 34.7 Å². The fourth-order valence-electron chi connectivity index (χ4n) is 2.65. The SMILES string of the molecule is CN1CCc2c(sc(N=Cc3cccc([N+](=O)[O-])c3O)c2C#N)C1. The lowest BCUT2D eigenvalue weighted by Gasteiger charge is -2.21. The lowest BCUT2D eigenvalue weighted by atomic mass is 10.0. The Morgan fingerprint density at radius 1 is 1.54 bits per heavy atom. The lowest BCUT2D eigenvalue weighted by Crippen LogP contribution is -2.25. The summed E-state index contributed by atoms with van der Waals surface area (Å²) in [4.78, 5) is 17.8. The van der Waals surface area contributed by atoms with Gasteiger partial charge in [0.15, 0.2) is 0 Å². The molecule has 8 heteroatoms. The Hall–Kier alpha value is -2.76. The van der Waals surface area contributed by atoms with Crippen LogP contribution in [0.15, 0.2) is 23.2 Å². The maximum Gasteiger partial charge on any atom is 0.311 e. The molecule has 1 aliphatic rings. The average Bonchev–Trinajstić information content (AvgIpc) is 2.90. The molecule has 0 aliphatic carbocycles. The van der Waals surface area contributed by atoms with Crippen molar-refractivity contribution in [2.24, 2.45) is 4.99 Å². The first-order valence-electron chi connectivity index (χ1n) is 7.25. The van der Waals surface area contributed by atoms with Crippen LogP contribution in [0.25, 0.3) is 0 Å². The number of likely N-dealkylation sites (N-methyl/N-ethyl adjacent to an activating group) is 1. The number of hydrogen-bond acceptors (Lipinski definition) is 7. The number of para-hydroxylation sites is 1. The van der Waals surface area contributed by atoms with E-state index in [4.69, 9.17) is 0 Å². The molecule has 0 radical (unpaired) electrons. The molecular weight excluding hydrogens is 328 g/mol. The van der Waals surface area contributed by atoms with Gasteiger partial charge in [0.05, 0.1) is 10.5 Å². The molecule has 0 spiro atoms. The van der Waals surface area contributed by atoms with E-state index in [-0.39, 0.29) is 11.3 Å². The number of rotatable bonds is 3. The highest BCUT2D eigenvalue weighted by atomic mass is 32.1. The Morgan fingerprint density at radius 3 is 3.04 bits per heavy atom. The molecule has 1 aromatic carbocycles. The molecule has 0 saturated heterocycles. The maximum atomic E-state index is 10.9. The van der Waals surface area contributed by atoms with E-state index >= 15 is 0 Å². The highest BCUT2D eigenvalue weighted by Crippen LogP contribution is 2.38. The molecule has 0 unspecified atom stereocenters. The van der Waals surface area contributed by atoms with Gasteiger partial charge < -0.3 is 10.0 Å². The van der Waals surface area contributed by atoms with Crippen LogP contribution in [0.2, 0.25) is 0 Å². The quantitative estimate of drug-likeness (QED) is 0.525. The van der Waals surface area contributed by atoms with Gasteiger partial charge >= 0.3 is 5.69 Å². The largest absolute Gasteiger partial charge is 0.502 e. The molecule has 0 saturated carbocycles. The minimum absolute atomic E-state index is 0.247. The van der Waals surface area contributed by atoms with Crippen molar-refractivity contribution in [3.05, 3.63) is 49.9 Å². The van der Waals surface area contributed by atoms with Crippen molar-refractivity contribution in [2.45, 2.75) is 13.0 Å². The smallest absolute Gasteiger partial charge is 0.311 e. The van der Waals surface area contributed by atoms with Gasteiger partial charge in [-0.1, -0.05) is 6.07 Å². The lowest BCUT2D eigenvalue weighted by molar-refractivity contribution is -0.385. The fraction of sp³-hybridized carbons (Fsp3) is 0.250. The third-order valence-electron chi connectivity index (χ3n) is 3.90. The van der Waals surface area contributed by atoms with E-state index in [0.29, 0.717) is 10.6 Å². The number of nitro groups is 1. The molecule has 0 atom stereocenters. The second-order valence-corrected chi connectivity index (χ2v) is 6.60. The Labute approximate surface area is 142 Å². The number of thiophene rings is 1. The van der Waals surface area contributed by atoms with Gasteiger partial charge in [-0.05, 0) is 25.1 Å². The molecule has 122 valence electrons. The van der Waals surface area contributed by atoms with Crippen molar-refractivity contribution in [1.82, 2.24) is 4.90 Å². The first-order chi connectivity index (χ1) is 11.5. The second-order valence-electron chi connectivity index (χ2n) is 5.51. The van der Waals surface area contributed by atoms with Crippen LogP contribution in [0.1, 0.15) is 21.6 Å². The van der Waals surface area contributed by atoms with Crippen molar-refractivity contribution in [3.8, 4) is 11.8 Å². The van der Waals surface area contributed by atoms with E-state index in [1.807, 2.05) is 7.05 Å². The van der Waals surface area contributed by atoms with Gasteiger partial charge in [-0.25, -0.2) is 4.99 Å². The van der Waals surface area contributed by atoms with Crippen LogP contribution in [0.3, 0.4) is 0 Å². The summed E-state index contributed by atoms with van der Waals surface area (Å²) in [6.07, 6.45) is 2.17. The van der Waals surface area contributed by atoms with Crippen molar-refractivity contribution in [1.29, 1.82) is 5.26 Å². The first-order valence-corrected chi connectivity index (χ1v) is 8.06. The van der Waals surface area contributed by atoms with E-state index in [2.05, 4.69) is 16.0 Å². The summed E-state index contributed by atoms with van der Waals surface area (Å²) in [6.45, 7) is 1.68. The summed E-state index contributed by atoms with van der Waals surface area (Å²) in [5, 5.41) is 30.8. The highest BCUT2D eigenvalue weighted by Gasteiger charge is 2.22. The molecular formula is C16H14N4O3S. The van der Waals surface area contributed by atoms with Gasteiger partial charge in [-0.3, -0.25) is 10.1 Å². The van der Waals surface area contributed by atoms with Gasteiger partial charge in [0.25, 0.3) is 0 Å². The standard InChI is InChI=1S/C16H14N4O3S/c1-19-6-5-11-12(7-17)16(24-14(11)9-19)18-8-10-3-2-4-13(15(10)21)20(22)23/h2-4,8,21H,5-6,9H2,1H3. The molecule has 0 bridgehead atoms. The Morgan fingerprint density at radius 2 is 2.33 bits per heavy atom. The third kappa shape index (κ3) is 2.87. The molecule has 1 aromatic heterocycles. The van der Waals surface area contributed by atoms with Crippen LogP contribution < -0.4 is 0 Å². The zero-order valence-electron chi connectivity index (χ0n) is 12.9. The van der Waals surface area contributed by atoms with E-state index in [9.17, 15) is 20.5 Å².